The summed E-state index contributed by atoms with van der Waals surface area (Å²) in [6.45, 7) is -0.359. The lowest BCUT2D eigenvalue weighted by Crippen LogP contribution is -2.37. The number of nitrogens with zero attached hydrogens (tertiary/aromatic N) is 5. The number of imide groups is 1. The number of nitrogens with one attached hydrogen (secondary N) is 1. The van der Waals surface area contributed by atoms with E-state index in [0.717, 1.165) is 10.5 Å². The number of tetrazole rings is 1. The van der Waals surface area contributed by atoms with E-state index in [0.29, 0.717) is 22.6 Å². The van der Waals surface area contributed by atoms with Crippen LogP contribution < -0.4 is 5.32 Å². The number of amides is 3. The van der Waals surface area contributed by atoms with Gasteiger partial charge in [0.2, 0.25) is 5.91 Å². The van der Waals surface area contributed by atoms with Gasteiger partial charge in [-0.05, 0) is 34.7 Å². The Hall–Kier alpha value is -3.88. The SMILES string of the molecule is Cn1nnnc1-c1cccc(NC(=O)CN2C(=O)c3ccccc3C2=O)c1. The highest BCUT2D eigenvalue weighted by atomic mass is 16.2. The van der Waals surface area contributed by atoms with Gasteiger partial charge in [-0.1, -0.05) is 24.3 Å². The molecule has 27 heavy (non-hydrogen) atoms. The molecule has 9 heteroatoms. The summed E-state index contributed by atoms with van der Waals surface area (Å²) in [7, 11) is 1.71. The van der Waals surface area contributed by atoms with Crippen LogP contribution in [0.3, 0.4) is 0 Å². The first-order valence-electron chi connectivity index (χ1n) is 8.12. The van der Waals surface area contributed by atoms with Gasteiger partial charge in [0.1, 0.15) is 6.54 Å². The number of hydrogen-bond acceptors (Lipinski definition) is 6. The zero-order valence-corrected chi connectivity index (χ0v) is 14.3. The Kier molecular flexibility index (Phi) is 3.96. The van der Waals surface area contributed by atoms with E-state index in [2.05, 4.69) is 20.8 Å². The van der Waals surface area contributed by atoms with E-state index in [1.54, 1.807) is 49.5 Å². The first-order valence-corrected chi connectivity index (χ1v) is 8.12. The number of hydrogen-bond donors (Lipinski definition) is 1. The molecule has 0 atom stereocenters. The number of aryl methyl sites for hydroxylation is 1. The van der Waals surface area contributed by atoms with Crippen molar-refractivity contribution in [2.24, 2.45) is 7.05 Å². The molecule has 4 rings (SSSR count). The summed E-state index contributed by atoms with van der Waals surface area (Å²) in [6, 6.07) is 13.5. The molecule has 0 unspecified atom stereocenters. The van der Waals surface area contributed by atoms with Gasteiger partial charge in [-0.3, -0.25) is 19.3 Å². The number of carbonyl (C=O) groups excluding carboxylic acids is 3. The first kappa shape index (κ1) is 16.6. The molecule has 0 fully saturated rings. The highest BCUT2D eigenvalue weighted by Gasteiger charge is 2.36. The molecule has 2 aromatic carbocycles. The predicted octanol–water partition coefficient (Wildman–Crippen LogP) is 1.11. The fraction of sp³-hybridized carbons (Fsp3) is 0.111. The van der Waals surface area contributed by atoms with Gasteiger partial charge in [-0.25, -0.2) is 4.68 Å². The summed E-state index contributed by atoms with van der Waals surface area (Å²) in [5.74, 6) is -0.862. The quantitative estimate of drug-likeness (QED) is 0.696. The molecule has 0 saturated heterocycles. The topological polar surface area (TPSA) is 110 Å². The van der Waals surface area contributed by atoms with E-state index >= 15 is 0 Å². The van der Waals surface area contributed by atoms with E-state index in [9.17, 15) is 14.4 Å². The fourth-order valence-corrected chi connectivity index (χ4v) is 2.94. The van der Waals surface area contributed by atoms with Crippen LogP contribution in [-0.4, -0.2) is 49.4 Å². The Morgan fingerprint density at radius 3 is 2.37 bits per heavy atom. The number of anilines is 1. The second-order valence-corrected chi connectivity index (χ2v) is 6.00. The van der Waals surface area contributed by atoms with Crippen LogP contribution in [-0.2, 0) is 11.8 Å². The molecule has 1 aliphatic heterocycles. The van der Waals surface area contributed by atoms with Crippen molar-refractivity contribution in [2.75, 3.05) is 11.9 Å². The van der Waals surface area contributed by atoms with Crippen molar-refractivity contribution in [3.05, 3.63) is 59.7 Å². The normalized spacial score (nSPS) is 13.0. The van der Waals surface area contributed by atoms with Crippen LogP contribution in [0.15, 0.2) is 48.5 Å². The summed E-state index contributed by atoms with van der Waals surface area (Å²) in [5, 5.41) is 14.0. The Morgan fingerprint density at radius 2 is 1.74 bits per heavy atom. The first-order chi connectivity index (χ1) is 13.0. The molecule has 1 aromatic heterocycles. The average Bonchev–Trinajstić information content (AvgIpc) is 3.20. The highest BCUT2D eigenvalue weighted by Crippen LogP contribution is 2.23. The zero-order chi connectivity index (χ0) is 19.0. The van der Waals surface area contributed by atoms with Crippen LogP contribution in [0.4, 0.5) is 5.69 Å². The molecule has 3 aromatic rings. The smallest absolute Gasteiger partial charge is 0.262 e. The molecule has 1 N–H and O–H groups in total. The predicted molar refractivity (Wildman–Crippen MR) is 94.7 cm³/mol. The van der Waals surface area contributed by atoms with Crippen LogP contribution >= 0.6 is 0 Å². The monoisotopic (exact) mass is 362 g/mol. The van der Waals surface area contributed by atoms with Crippen LogP contribution in [0.1, 0.15) is 20.7 Å². The van der Waals surface area contributed by atoms with Gasteiger partial charge in [0.05, 0.1) is 11.1 Å². The number of benzene rings is 2. The zero-order valence-electron chi connectivity index (χ0n) is 14.3. The third kappa shape index (κ3) is 2.95. The standard InChI is InChI=1S/C18H14N6O3/c1-23-16(20-21-22-23)11-5-4-6-12(9-11)19-15(25)10-24-17(26)13-7-2-3-8-14(13)18(24)27/h2-9H,10H2,1H3,(H,19,25). The van der Waals surface area contributed by atoms with Gasteiger partial charge in [-0.15, -0.1) is 5.10 Å². The molecule has 0 bridgehead atoms. The van der Waals surface area contributed by atoms with Crippen LogP contribution in [0.2, 0.25) is 0 Å². The molecule has 1 aliphatic rings. The number of aromatic nitrogens is 4. The molecule has 3 amide bonds. The van der Waals surface area contributed by atoms with Crippen molar-refractivity contribution in [1.82, 2.24) is 25.1 Å². The van der Waals surface area contributed by atoms with Crippen LogP contribution in [0.5, 0.6) is 0 Å². The maximum atomic E-state index is 12.4. The van der Waals surface area contributed by atoms with E-state index in [-0.39, 0.29) is 6.54 Å². The van der Waals surface area contributed by atoms with E-state index < -0.39 is 17.7 Å². The van der Waals surface area contributed by atoms with E-state index in [1.807, 2.05) is 6.07 Å². The fourth-order valence-electron chi connectivity index (χ4n) is 2.94. The summed E-state index contributed by atoms with van der Waals surface area (Å²) < 4.78 is 1.51. The summed E-state index contributed by atoms with van der Waals surface area (Å²) in [4.78, 5) is 38.0. The third-order valence-electron chi connectivity index (χ3n) is 4.20. The second kappa shape index (κ2) is 6.45. The molecule has 9 nitrogen and oxygen atoms in total. The Morgan fingerprint density at radius 1 is 1.04 bits per heavy atom. The van der Waals surface area contributed by atoms with Gasteiger partial charge in [0.15, 0.2) is 5.82 Å². The van der Waals surface area contributed by atoms with Gasteiger partial charge in [-0.2, -0.15) is 0 Å². The Balaban J connectivity index is 1.49. The summed E-state index contributed by atoms with van der Waals surface area (Å²) in [6.07, 6.45) is 0. The van der Waals surface area contributed by atoms with E-state index in [1.165, 1.54) is 4.68 Å². The molecule has 0 spiro atoms. The average molecular weight is 362 g/mol. The van der Waals surface area contributed by atoms with E-state index in [4.69, 9.17) is 0 Å². The lowest BCUT2D eigenvalue weighted by Gasteiger charge is -2.14. The maximum absolute atomic E-state index is 12.4. The highest BCUT2D eigenvalue weighted by molar-refractivity contribution is 6.22. The molecule has 0 saturated carbocycles. The minimum Gasteiger partial charge on any atom is -0.325 e. The number of rotatable bonds is 4. The molecular weight excluding hydrogens is 348 g/mol. The minimum absolute atomic E-state index is 0.312. The van der Waals surface area contributed by atoms with Gasteiger partial charge >= 0.3 is 0 Å². The lowest BCUT2D eigenvalue weighted by atomic mass is 10.1. The van der Waals surface area contributed by atoms with Crippen molar-refractivity contribution in [3.8, 4) is 11.4 Å². The van der Waals surface area contributed by atoms with Gasteiger partial charge < -0.3 is 5.32 Å². The van der Waals surface area contributed by atoms with Gasteiger partial charge in [0, 0.05) is 18.3 Å². The van der Waals surface area contributed by atoms with Gasteiger partial charge in [0.25, 0.3) is 11.8 Å². The Labute approximate surface area is 153 Å². The van der Waals surface area contributed by atoms with Crippen molar-refractivity contribution < 1.29 is 14.4 Å². The van der Waals surface area contributed by atoms with Crippen molar-refractivity contribution in [2.45, 2.75) is 0 Å². The Bertz CT molecular complexity index is 1040. The molecule has 0 aliphatic carbocycles. The molecule has 0 radical (unpaired) electrons. The van der Waals surface area contributed by atoms with Crippen LogP contribution in [0, 0.1) is 0 Å². The molecular formula is C18H14N6O3. The van der Waals surface area contributed by atoms with Crippen molar-refractivity contribution in [3.63, 3.8) is 0 Å². The third-order valence-corrected chi connectivity index (χ3v) is 4.20. The number of fused-ring (bicyclic) bond motifs is 1. The minimum atomic E-state index is -0.474. The molecule has 2 heterocycles. The lowest BCUT2D eigenvalue weighted by molar-refractivity contribution is -0.116. The largest absolute Gasteiger partial charge is 0.325 e. The maximum Gasteiger partial charge on any atom is 0.262 e. The van der Waals surface area contributed by atoms with Crippen molar-refractivity contribution >= 4 is 23.4 Å². The van der Waals surface area contributed by atoms with Crippen molar-refractivity contribution in [1.29, 1.82) is 0 Å². The van der Waals surface area contributed by atoms with Crippen LogP contribution in [0.25, 0.3) is 11.4 Å². The number of carbonyl (C=O) groups is 3. The molecule has 134 valence electrons. The summed E-state index contributed by atoms with van der Waals surface area (Å²) in [5.41, 5.74) is 1.86. The summed E-state index contributed by atoms with van der Waals surface area (Å²) >= 11 is 0. The second-order valence-electron chi connectivity index (χ2n) is 6.00.